The molecule has 3 atom stereocenters. The normalized spacial score (nSPS) is 24.4. The molecular weight excluding hydrogens is 367 g/mol. The van der Waals surface area contributed by atoms with Gasteiger partial charge < -0.3 is 14.5 Å². The van der Waals surface area contributed by atoms with Crippen LogP contribution < -0.4 is 4.74 Å². The van der Waals surface area contributed by atoms with Gasteiger partial charge in [0, 0.05) is 31.5 Å². The molecule has 2 aliphatic heterocycles. The molecule has 0 saturated carbocycles. The molecule has 0 N–H and O–H groups in total. The van der Waals surface area contributed by atoms with Gasteiger partial charge in [-0.2, -0.15) is 0 Å². The lowest BCUT2D eigenvalue weighted by molar-refractivity contribution is -0.135. The summed E-state index contributed by atoms with van der Waals surface area (Å²) >= 11 is 0. The quantitative estimate of drug-likeness (QED) is 0.770. The van der Waals surface area contributed by atoms with E-state index in [-0.39, 0.29) is 23.7 Å². The van der Waals surface area contributed by atoms with E-state index in [0.717, 1.165) is 31.7 Å². The molecule has 0 bridgehead atoms. The fourth-order valence-electron chi connectivity index (χ4n) is 5.05. The summed E-state index contributed by atoms with van der Waals surface area (Å²) in [5.41, 5.74) is 1.86. The van der Waals surface area contributed by atoms with Crippen LogP contribution in [0.4, 0.5) is 4.39 Å². The third-order valence-corrected chi connectivity index (χ3v) is 6.55. The summed E-state index contributed by atoms with van der Waals surface area (Å²) in [6.45, 7) is 1.73. The first kappa shape index (κ1) is 19.9. The number of piperidine rings is 1. The van der Waals surface area contributed by atoms with Gasteiger partial charge in [-0.3, -0.25) is 4.79 Å². The Bertz CT molecular complexity index is 854. The molecule has 1 amide bonds. The second kappa shape index (κ2) is 8.54. The van der Waals surface area contributed by atoms with E-state index in [1.54, 1.807) is 19.2 Å². The number of likely N-dealkylation sites (N-methyl/N-ethyl adjacent to an activating group) is 1. The number of amides is 1. The molecule has 4 rings (SSSR count). The highest BCUT2D eigenvalue weighted by atomic mass is 19.1. The summed E-state index contributed by atoms with van der Waals surface area (Å²) in [6.07, 6.45) is 2.93. The summed E-state index contributed by atoms with van der Waals surface area (Å²) < 4.78 is 19.2. The van der Waals surface area contributed by atoms with E-state index in [1.165, 1.54) is 11.6 Å². The highest BCUT2D eigenvalue weighted by Gasteiger charge is 2.46. The van der Waals surface area contributed by atoms with Crippen molar-refractivity contribution in [3.63, 3.8) is 0 Å². The second-order valence-corrected chi connectivity index (χ2v) is 8.20. The lowest BCUT2D eigenvalue weighted by Gasteiger charge is -2.41. The second-order valence-electron chi connectivity index (χ2n) is 8.20. The first-order valence-electron chi connectivity index (χ1n) is 10.5. The zero-order valence-electron chi connectivity index (χ0n) is 17.2. The van der Waals surface area contributed by atoms with Crippen molar-refractivity contribution < 1.29 is 13.9 Å². The average Bonchev–Trinajstić information content (AvgIpc) is 3.10. The maximum Gasteiger partial charge on any atom is 0.223 e. The van der Waals surface area contributed by atoms with E-state index in [4.69, 9.17) is 4.74 Å². The van der Waals surface area contributed by atoms with Gasteiger partial charge in [0.05, 0.1) is 13.2 Å². The largest absolute Gasteiger partial charge is 0.497 e. The van der Waals surface area contributed by atoms with E-state index in [9.17, 15) is 9.18 Å². The van der Waals surface area contributed by atoms with Crippen LogP contribution in [0.2, 0.25) is 0 Å². The van der Waals surface area contributed by atoms with Gasteiger partial charge in [-0.05, 0) is 55.6 Å². The van der Waals surface area contributed by atoms with E-state index in [0.29, 0.717) is 24.4 Å². The van der Waals surface area contributed by atoms with Crippen LogP contribution in [0.15, 0.2) is 48.5 Å². The summed E-state index contributed by atoms with van der Waals surface area (Å²) in [5, 5.41) is 0. The van der Waals surface area contributed by atoms with Crippen LogP contribution in [-0.4, -0.2) is 55.0 Å². The molecule has 154 valence electrons. The van der Waals surface area contributed by atoms with Crippen molar-refractivity contribution in [1.82, 2.24) is 9.80 Å². The molecule has 2 saturated heterocycles. The maximum atomic E-state index is 14.0. The topological polar surface area (TPSA) is 32.8 Å². The van der Waals surface area contributed by atoms with Crippen molar-refractivity contribution in [3.05, 3.63) is 65.5 Å². The van der Waals surface area contributed by atoms with E-state index < -0.39 is 0 Å². The Labute approximate surface area is 172 Å². The standard InChI is InChI=1S/C24H29FN2O2/c1-26-16-20(17-9-12-19(29-2)13-10-17)24-22(26)8-5-15-27(24)23(28)14-11-18-6-3-4-7-21(18)25/h3-4,6-7,9-10,12-13,20,22,24H,5,8,11,14-16H2,1-2H3/t20-,22-,24-/m1/s1. The molecule has 2 fully saturated rings. The lowest BCUT2D eigenvalue weighted by atomic mass is 9.85. The molecule has 5 heteroatoms. The average molecular weight is 397 g/mol. The molecule has 29 heavy (non-hydrogen) atoms. The molecule has 2 aromatic carbocycles. The number of methoxy groups -OCH3 is 1. The van der Waals surface area contributed by atoms with Crippen molar-refractivity contribution >= 4 is 5.91 Å². The Morgan fingerprint density at radius 2 is 1.93 bits per heavy atom. The Hall–Kier alpha value is -2.40. The fourth-order valence-corrected chi connectivity index (χ4v) is 5.05. The number of hydrogen-bond donors (Lipinski definition) is 0. The van der Waals surface area contributed by atoms with E-state index >= 15 is 0 Å². The Morgan fingerprint density at radius 3 is 2.66 bits per heavy atom. The van der Waals surface area contributed by atoms with Crippen molar-refractivity contribution in [1.29, 1.82) is 0 Å². The Balaban J connectivity index is 1.52. The zero-order valence-corrected chi connectivity index (χ0v) is 17.2. The third kappa shape index (κ3) is 4.01. The van der Waals surface area contributed by atoms with Crippen LogP contribution in [0.25, 0.3) is 0 Å². The number of halogens is 1. The molecule has 2 aromatic rings. The number of benzene rings is 2. The summed E-state index contributed by atoms with van der Waals surface area (Å²) in [6, 6.07) is 15.5. The summed E-state index contributed by atoms with van der Waals surface area (Å²) in [4.78, 5) is 17.6. The van der Waals surface area contributed by atoms with E-state index in [2.05, 4.69) is 29.0 Å². The highest BCUT2D eigenvalue weighted by molar-refractivity contribution is 5.77. The van der Waals surface area contributed by atoms with Crippen LogP contribution >= 0.6 is 0 Å². The molecular formula is C24H29FN2O2. The van der Waals surface area contributed by atoms with Crippen LogP contribution in [0.1, 0.15) is 36.3 Å². The van der Waals surface area contributed by atoms with Gasteiger partial charge in [-0.15, -0.1) is 0 Å². The number of hydrogen-bond acceptors (Lipinski definition) is 3. The first-order chi connectivity index (χ1) is 14.1. The van der Waals surface area contributed by atoms with Crippen molar-refractivity contribution in [3.8, 4) is 5.75 Å². The maximum absolute atomic E-state index is 14.0. The SMILES string of the molecule is COc1ccc([C@H]2CN(C)[C@@H]3CCCN(C(=O)CCc4ccccc4F)[C@H]23)cc1. The number of ether oxygens (including phenoxy) is 1. The molecule has 0 spiro atoms. The van der Waals surface area contributed by atoms with Gasteiger partial charge in [0.2, 0.25) is 5.91 Å². The van der Waals surface area contributed by atoms with Crippen LogP contribution in [0.3, 0.4) is 0 Å². The summed E-state index contributed by atoms with van der Waals surface area (Å²) in [5.74, 6) is 1.04. The number of fused-ring (bicyclic) bond motifs is 1. The molecule has 4 nitrogen and oxygen atoms in total. The van der Waals surface area contributed by atoms with Gasteiger partial charge in [0.25, 0.3) is 0 Å². The lowest BCUT2D eigenvalue weighted by Crippen LogP contribution is -2.52. The van der Waals surface area contributed by atoms with Crippen molar-refractivity contribution in [2.45, 2.75) is 43.7 Å². The number of aryl methyl sites for hydroxylation is 1. The zero-order chi connectivity index (χ0) is 20.4. The smallest absolute Gasteiger partial charge is 0.223 e. The van der Waals surface area contributed by atoms with Crippen molar-refractivity contribution in [2.75, 3.05) is 27.2 Å². The number of carbonyl (C=O) groups excluding carboxylic acids is 1. The van der Waals surface area contributed by atoms with Crippen LogP contribution in [0, 0.1) is 5.82 Å². The minimum atomic E-state index is -0.228. The summed E-state index contributed by atoms with van der Waals surface area (Å²) in [7, 11) is 3.83. The predicted octanol–water partition coefficient (Wildman–Crippen LogP) is 3.86. The molecule has 2 aliphatic rings. The fraction of sp³-hybridized carbons (Fsp3) is 0.458. The minimum absolute atomic E-state index is 0.136. The number of likely N-dealkylation sites (tertiary alicyclic amines) is 2. The number of nitrogens with zero attached hydrogens (tertiary/aromatic N) is 2. The Morgan fingerprint density at radius 1 is 1.17 bits per heavy atom. The molecule has 0 unspecified atom stereocenters. The number of carbonyl (C=O) groups is 1. The van der Waals surface area contributed by atoms with Crippen molar-refractivity contribution in [2.24, 2.45) is 0 Å². The van der Waals surface area contributed by atoms with Gasteiger partial charge in [-0.25, -0.2) is 4.39 Å². The minimum Gasteiger partial charge on any atom is -0.497 e. The first-order valence-corrected chi connectivity index (χ1v) is 10.5. The van der Waals surface area contributed by atoms with Crippen LogP contribution in [-0.2, 0) is 11.2 Å². The van der Waals surface area contributed by atoms with Gasteiger partial charge >= 0.3 is 0 Å². The van der Waals surface area contributed by atoms with Gasteiger partial charge in [0.1, 0.15) is 11.6 Å². The molecule has 0 radical (unpaired) electrons. The third-order valence-electron chi connectivity index (χ3n) is 6.55. The van der Waals surface area contributed by atoms with Crippen LogP contribution in [0.5, 0.6) is 5.75 Å². The molecule has 0 aromatic heterocycles. The van der Waals surface area contributed by atoms with E-state index in [1.807, 2.05) is 18.2 Å². The monoisotopic (exact) mass is 396 g/mol. The number of rotatable bonds is 5. The molecule has 0 aliphatic carbocycles. The highest BCUT2D eigenvalue weighted by Crippen LogP contribution is 2.40. The Kier molecular flexibility index (Phi) is 5.86. The molecule has 2 heterocycles. The van der Waals surface area contributed by atoms with Gasteiger partial charge in [-0.1, -0.05) is 30.3 Å². The van der Waals surface area contributed by atoms with Gasteiger partial charge in [0.15, 0.2) is 0 Å². The predicted molar refractivity (Wildman–Crippen MR) is 112 cm³/mol.